The van der Waals surface area contributed by atoms with Crippen molar-refractivity contribution in [3.8, 4) is 11.5 Å². The molecular weight excluding hydrogens is 504 g/mol. The summed E-state index contributed by atoms with van der Waals surface area (Å²) in [5, 5.41) is 4.55. The van der Waals surface area contributed by atoms with Crippen molar-refractivity contribution in [1.82, 2.24) is 5.32 Å². The van der Waals surface area contributed by atoms with E-state index in [0.717, 1.165) is 26.8 Å². The molecule has 4 amide bonds. The van der Waals surface area contributed by atoms with Gasteiger partial charge in [-0.1, -0.05) is 75.4 Å². The summed E-state index contributed by atoms with van der Waals surface area (Å²) in [6.07, 6.45) is 1.44. The fraction of sp³-hybridized carbons (Fsp3) is 0.182. The molecule has 202 valence electrons. The van der Waals surface area contributed by atoms with Crippen molar-refractivity contribution in [3.63, 3.8) is 0 Å². The molecule has 1 N–H and O–H groups in total. The summed E-state index contributed by atoms with van der Waals surface area (Å²) in [7, 11) is 1.52. The zero-order valence-corrected chi connectivity index (χ0v) is 22.9. The minimum Gasteiger partial charge on any atom is -0.493 e. The number of ether oxygens (including phenoxy) is 2. The number of urea groups is 1. The van der Waals surface area contributed by atoms with Crippen molar-refractivity contribution in [2.24, 2.45) is 0 Å². The highest BCUT2D eigenvalue weighted by molar-refractivity contribution is 6.39. The predicted molar refractivity (Wildman–Crippen MR) is 155 cm³/mol. The van der Waals surface area contributed by atoms with Crippen LogP contribution in [-0.2, 0) is 21.6 Å². The second-order valence-corrected chi connectivity index (χ2v) is 10.6. The summed E-state index contributed by atoms with van der Waals surface area (Å²) in [5.74, 6) is -0.488. The van der Waals surface area contributed by atoms with Gasteiger partial charge in [0.25, 0.3) is 11.8 Å². The zero-order valence-electron chi connectivity index (χ0n) is 22.9. The Labute approximate surface area is 233 Å². The molecule has 40 heavy (non-hydrogen) atoms. The third kappa shape index (κ3) is 5.45. The lowest BCUT2D eigenvalue weighted by Crippen LogP contribution is -2.54. The standard InChI is InChI=1S/C33H30N2O5/c1-33(2,3)25-12-14-26(15-13-25)35-31(37)27(30(36)34-32(35)38)18-21-10-16-28(29(19-21)39-4)40-20-22-9-11-23-7-5-6-8-24(23)17-22/h5-19H,20H2,1-4H3,(H,34,36,38). The second kappa shape index (κ2) is 10.7. The molecule has 1 aliphatic heterocycles. The number of barbiturate groups is 1. The Morgan fingerprint density at radius 1 is 0.825 bits per heavy atom. The number of methoxy groups -OCH3 is 1. The number of amides is 4. The number of carbonyl (C=O) groups excluding carboxylic acids is 3. The maximum absolute atomic E-state index is 13.3. The molecule has 1 fully saturated rings. The van der Waals surface area contributed by atoms with Gasteiger partial charge in [-0.25, -0.2) is 9.69 Å². The molecule has 0 atom stereocenters. The van der Waals surface area contributed by atoms with E-state index in [2.05, 4.69) is 50.4 Å². The number of rotatable bonds is 6. The highest BCUT2D eigenvalue weighted by Gasteiger charge is 2.37. The van der Waals surface area contributed by atoms with Crippen LogP contribution in [0.5, 0.6) is 11.5 Å². The number of carbonyl (C=O) groups is 3. The lowest BCUT2D eigenvalue weighted by molar-refractivity contribution is -0.122. The largest absolute Gasteiger partial charge is 0.493 e. The molecular formula is C33H30N2O5. The Hall–Kier alpha value is -4.91. The van der Waals surface area contributed by atoms with E-state index in [1.165, 1.54) is 13.2 Å². The monoisotopic (exact) mass is 534 g/mol. The lowest BCUT2D eigenvalue weighted by atomic mass is 9.87. The van der Waals surface area contributed by atoms with E-state index in [4.69, 9.17) is 9.47 Å². The van der Waals surface area contributed by atoms with Gasteiger partial charge in [0.2, 0.25) is 0 Å². The van der Waals surface area contributed by atoms with E-state index in [0.29, 0.717) is 29.4 Å². The van der Waals surface area contributed by atoms with E-state index in [1.807, 2.05) is 30.3 Å². The number of anilines is 1. The van der Waals surface area contributed by atoms with Gasteiger partial charge in [-0.2, -0.15) is 0 Å². The van der Waals surface area contributed by atoms with Crippen molar-refractivity contribution in [2.45, 2.75) is 32.8 Å². The Morgan fingerprint density at radius 2 is 1.55 bits per heavy atom. The molecule has 0 radical (unpaired) electrons. The highest BCUT2D eigenvalue weighted by atomic mass is 16.5. The van der Waals surface area contributed by atoms with E-state index >= 15 is 0 Å². The molecule has 4 aromatic rings. The summed E-state index contributed by atoms with van der Waals surface area (Å²) >= 11 is 0. The second-order valence-electron chi connectivity index (χ2n) is 10.6. The molecule has 0 aromatic heterocycles. The number of imide groups is 2. The molecule has 7 nitrogen and oxygen atoms in total. The minimum absolute atomic E-state index is 0.0852. The van der Waals surface area contributed by atoms with Crippen LogP contribution < -0.4 is 19.7 Å². The van der Waals surface area contributed by atoms with Crippen LogP contribution in [-0.4, -0.2) is 25.0 Å². The van der Waals surface area contributed by atoms with Gasteiger partial charge >= 0.3 is 6.03 Å². The molecule has 4 aromatic carbocycles. The molecule has 0 unspecified atom stereocenters. The quantitative estimate of drug-likeness (QED) is 0.229. The van der Waals surface area contributed by atoms with E-state index in [1.54, 1.807) is 30.3 Å². The average molecular weight is 535 g/mol. The molecule has 7 heteroatoms. The summed E-state index contributed by atoms with van der Waals surface area (Å²) in [6, 6.07) is 25.8. The van der Waals surface area contributed by atoms with Gasteiger partial charge in [-0.3, -0.25) is 14.9 Å². The number of nitrogens with one attached hydrogen (secondary N) is 1. The smallest absolute Gasteiger partial charge is 0.335 e. The third-order valence-corrected chi connectivity index (χ3v) is 6.80. The topological polar surface area (TPSA) is 84.9 Å². The van der Waals surface area contributed by atoms with Crippen molar-refractivity contribution >= 4 is 40.4 Å². The van der Waals surface area contributed by atoms with Gasteiger partial charge in [0.15, 0.2) is 11.5 Å². The molecule has 0 saturated carbocycles. The first-order valence-electron chi connectivity index (χ1n) is 12.9. The molecule has 1 saturated heterocycles. The van der Waals surface area contributed by atoms with Crippen molar-refractivity contribution in [3.05, 3.63) is 107 Å². The third-order valence-electron chi connectivity index (χ3n) is 6.80. The van der Waals surface area contributed by atoms with Crippen LogP contribution >= 0.6 is 0 Å². The first-order chi connectivity index (χ1) is 19.1. The van der Waals surface area contributed by atoms with Crippen molar-refractivity contribution in [1.29, 1.82) is 0 Å². The molecule has 1 heterocycles. The fourth-order valence-electron chi connectivity index (χ4n) is 4.55. The summed E-state index contributed by atoms with van der Waals surface area (Å²) < 4.78 is 11.6. The van der Waals surface area contributed by atoms with Gasteiger partial charge in [-0.15, -0.1) is 0 Å². The van der Waals surface area contributed by atoms with Gasteiger partial charge in [0.05, 0.1) is 12.8 Å². The van der Waals surface area contributed by atoms with E-state index < -0.39 is 17.8 Å². The first kappa shape index (κ1) is 26.7. The highest BCUT2D eigenvalue weighted by Crippen LogP contribution is 2.31. The lowest BCUT2D eigenvalue weighted by Gasteiger charge is -2.27. The Balaban J connectivity index is 1.37. The van der Waals surface area contributed by atoms with Crippen LogP contribution in [0, 0.1) is 0 Å². The van der Waals surface area contributed by atoms with Crippen LogP contribution in [0.2, 0.25) is 0 Å². The van der Waals surface area contributed by atoms with Gasteiger partial charge in [0.1, 0.15) is 12.2 Å². The van der Waals surface area contributed by atoms with Gasteiger partial charge in [0, 0.05) is 0 Å². The molecule has 0 spiro atoms. The summed E-state index contributed by atoms with van der Waals surface area (Å²) in [4.78, 5) is 39.6. The van der Waals surface area contributed by atoms with Crippen LogP contribution in [0.4, 0.5) is 10.5 Å². The minimum atomic E-state index is -0.786. The normalized spacial score (nSPS) is 14.9. The van der Waals surface area contributed by atoms with Crippen LogP contribution in [0.1, 0.15) is 37.5 Å². The van der Waals surface area contributed by atoms with Crippen LogP contribution in [0.25, 0.3) is 16.8 Å². The zero-order chi connectivity index (χ0) is 28.4. The Bertz CT molecular complexity index is 1650. The number of fused-ring (bicyclic) bond motifs is 1. The Morgan fingerprint density at radius 3 is 2.25 bits per heavy atom. The summed E-state index contributed by atoms with van der Waals surface area (Å²) in [5.41, 5.74) is 2.75. The first-order valence-corrected chi connectivity index (χ1v) is 12.9. The maximum atomic E-state index is 13.3. The predicted octanol–water partition coefficient (Wildman–Crippen LogP) is 6.39. The average Bonchev–Trinajstić information content (AvgIpc) is 2.94. The van der Waals surface area contributed by atoms with Crippen LogP contribution in [0.3, 0.4) is 0 Å². The van der Waals surface area contributed by atoms with E-state index in [9.17, 15) is 14.4 Å². The van der Waals surface area contributed by atoms with Gasteiger partial charge < -0.3 is 9.47 Å². The number of nitrogens with zero attached hydrogens (tertiary/aromatic N) is 1. The SMILES string of the molecule is COc1cc(C=C2C(=O)NC(=O)N(c3ccc(C(C)(C)C)cc3)C2=O)ccc1OCc1ccc2ccccc2c1. The number of benzene rings is 4. The van der Waals surface area contributed by atoms with E-state index in [-0.39, 0.29) is 11.0 Å². The summed E-state index contributed by atoms with van der Waals surface area (Å²) in [6.45, 7) is 6.57. The Kier molecular flexibility index (Phi) is 7.13. The molecule has 5 rings (SSSR count). The molecule has 0 aliphatic carbocycles. The molecule has 1 aliphatic rings. The maximum Gasteiger partial charge on any atom is 0.335 e. The van der Waals surface area contributed by atoms with Crippen molar-refractivity contribution in [2.75, 3.05) is 12.0 Å². The molecule has 0 bridgehead atoms. The van der Waals surface area contributed by atoms with Crippen LogP contribution in [0.15, 0.2) is 90.5 Å². The number of hydrogen-bond acceptors (Lipinski definition) is 5. The number of hydrogen-bond donors (Lipinski definition) is 1. The fourth-order valence-corrected chi connectivity index (χ4v) is 4.55. The van der Waals surface area contributed by atoms with Gasteiger partial charge in [-0.05, 0) is 69.3 Å². The van der Waals surface area contributed by atoms with Crippen molar-refractivity contribution < 1.29 is 23.9 Å².